The van der Waals surface area contributed by atoms with Crippen LogP contribution in [0.15, 0.2) is 23.1 Å². The van der Waals surface area contributed by atoms with Gasteiger partial charge in [0, 0.05) is 13.1 Å². The predicted octanol–water partition coefficient (Wildman–Crippen LogP) is 1.74. The fourth-order valence-electron chi connectivity index (χ4n) is 2.81. The van der Waals surface area contributed by atoms with Crippen molar-refractivity contribution in [2.24, 2.45) is 5.92 Å². The summed E-state index contributed by atoms with van der Waals surface area (Å²) in [4.78, 5) is 9.46. The van der Waals surface area contributed by atoms with Gasteiger partial charge in [0.1, 0.15) is 0 Å². The van der Waals surface area contributed by atoms with Crippen molar-refractivity contribution in [2.45, 2.75) is 24.2 Å². The SMILES string of the molecule is CNCCC1CCN(S(=O)(=O)c2cccc(F)c2[N+](=O)[O-])CC1. The monoisotopic (exact) mass is 345 g/mol. The van der Waals surface area contributed by atoms with Gasteiger partial charge in [0.2, 0.25) is 15.8 Å². The van der Waals surface area contributed by atoms with Crippen LogP contribution in [-0.2, 0) is 10.0 Å². The summed E-state index contributed by atoms with van der Waals surface area (Å²) in [5.74, 6) is -0.712. The Kier molecular flexibility index (Phi) is 5.66. The molecule has 1 heterocycles. The van der Waals surface area contributed by atoms with Crippen LogP contribution in [0, 0.1) is 21.8 Å². The first-order valence-electron chi connectivity index (χ1n) is 7.45. The number of piperidine rings is 1. The molecule has 0 saturated carbocycles. The molecule has 0 aliphatic carbocycles. The van der Waals surface area contributed by atoms with Gasteiger partial charge in [0.15, 0.2) is 4.90 Å². The van der Waals surface area contributed by atoms with Crippen molar-refractivity contribution in [1.82, 2.24) is 9.62 Å². The first-order chi connectivity index (χ1) is 10.9. The van der Waals surface area contributed by atoms with Gasteiger partial charge in [-0.3, -0.25) is 10.1 Å². The van der Waals surface area contributed by atoms with Crippen LogP contribution >= 0.6 is 0 Å². The van der Waals surface area contributed by atoms with E-state index in [0.717, 1.165) is 25.1 Å². The van der Waals surface area contributed by atoms with E-state index >= 15 is 0 Å². The number of hydrogen-bond donors (Lipinski definition) is 1. The lowest BCUT2D eigenvalue weighted by Gasteiger charge is -2.31. The summed E-state index contributed by atoms with van der Waals surface area (Å²) < 4.78 is 40.1. The van der Waals surface area contributed by atoms with Gasteiger partial charge >= 0.3 is 5.69 Å². The molecule has 0 spiro atoms. The highest BCUT2D eigenvalue weighted by Gasteiger charge is 2.35. The molecule has 9 heteroatoms. The van der Waals surface area contributed by atoms with E-state index in [4.69, 9.17) is 0 Å². The van der Waals surface area contributed by atoms with Crippen molar-refractivity contribution < 1.29 is 17.7 Å². The number of benzene rings is 1. The topological polar surface area (TPSA) is 92.6 Å². The second-order valence-corrected chi connectivity index (χ2v) is 7.49. The lowest BCUT2D eigenvalue weighted by molar-refractivity contribution is -0.390. The summed E-state index contributed by atoms with van der Waals surface area (Å²) in [7, 11) is -2.20. The highest BCUT2D eigenvalue weighted by atomic mass is 32.2. The Morgan fingerprint density at radius 2 is 2.04 bits per heavy atom. The minimum absolute atomic E-state index is 0.296. The minimum Gasteiger partial charge on any atom is -0.320 e. The van der Waals surface area contributed by atoms with Gasteiger partial charge in [0.05, 0.1) is 4.92 Å². The smallest absolute Gasteiger partial charge is 0.320 e. The molecule has 0 bridgehead atoms. The Morgan fingerprint density at radius 1 is 1.39 bits per heavy atom. The quantitative estimate of drug-likeness (QED) is 0.626. The van der Waals surface area contributed by atoms with Crippen LogP contribution in [0.3, 0.4) is 0 Å². The summed E-state index contributed by atoms with van der Waals surface area (Å²) in [5, 5.41) is 14.1. The molecule has 23 heavy (non-hydrogen) atoms. The molecule has 2 rings (SSSR count). The Morgan fingerprint density at radius 3 is 2.61 bits per heavy atom. The van der Waals surface area contributed by atoms with Gasteiger partial charge in [-0.15, -0.1) is 0 Å². The average molecular weight is 345 g/mol. The largest absolute Gasteiger partial charge is 0.324 e. The van der Waals surface area contributed by atoms with Gasteiger partial charge in [0.25, 0.3) is 0 Å². The van der Waals surface area contributed by atoms with Crippen LogP contribution in [0.2, 0.25) is 0 Å². The summed E-state index contributed by atoms with van der Waals surface area (Å²) >= 11 is 0. The van der Waals surface area contributed by atoms with Crippen molar-refractivity contribution in [3.63, 3.8) is 0 Å². The summed E-state index contributed by atoms with van der Waals surface area (Å²) in [5.41, 5.74) is -0.982. The van der Waals surface area contributed by atoms with Crippen LogP contribution in [0.4, 0.5) is 10.1 Å². The van der Waals surface area contributed by atoms with Crippen molar-refractivity contribution in [3.05, 3.63) is 34.1 Å². The molecular weight excluding hydrogens is 325 g/mol. The Hall–Kier alpha value is -1.58. The van der Waals surface area contributed by atoms with Crippen molar-refractivity contribution >= 4 is 15.7 Å². The molecule has 0 radical (unpaired) electrons. The minimum atomic E-state index is -4.07. The highest BCUT2D eigenvalue weighted by Crippen LogP contribution is 2.31. The third-order valence-electron chi connectivity index (χ3n) is 4.13. The number of sulfonamides is 1. The van der Waals surface area contributed by atoms with E-state index in [1.165, 1.54) is 10.4 Å². The van der Waals surface area contributed by atoms with Gasteiger partial charge in [-0.05, 0) is 50.9 Å². The third kappa shape index (κ3) is 3.85. The maximum atomic E-state index is 13.7. The van der Waals surface area contributed by atoms with Gasteiger partial charge < -0.3 is 5.32 Å². The molecule has 128 valence electrons. The normalized spacial score (nSPS) is 17.3. The van der Waals surface area contributed by atoms with E-state index in [0.29, 0.717) is 31.8 Å². The van der Waals surface area contributed by atoms with E-state index in [2.05, 4.69) is 5.32 Å². The van der Waals surface area contributed by atoms with E-state index in [-0.39, 0.29) is 0 Å². The fraction of sp³-hybridized carbons (Fsp3) is 0.571. The number of nitrogens with one attached hydrogen (secondary N) is 1. The average Bonchev–Trinajstić information content (AvgIpc) is 2.52. The number of halogens is 1. The molecule has 1 N–H and O–H groups in total. The van der Waals surface area contributed by atoms with Gasteiger partial charge in [-0.25, -0.2) is 8.42 Å². The zero-order valence-electron chi connectivity index (χ0n) is 12.9. The van der Waals surface area contributed by atoms with Crippen LogP contribution in [-0.4, -0.2) is 44.3 Å². The lowest BCUT2D eigenvalue weighted by atomic mass is 9.95. The number of para-hydroxylation sites is 1. The van der Waals surface area contributed by atoms with E-state index < -0.39 is 31.3 Å². The number of nitro groups is 1. The zero-order valence-corrected chi connectivity index (χ0v) is 13.7. The van der Waals surface area contributed by atoms with Crippen LogP contribution in [0.5, 0.6) is 0 Å². The van der Waals surface area contributed by atoms with E-state index in [1.54, 1.807) is 0 Å². The summed E-state index contributed by atoms with van der Waals surface area (Å²) in [6.07, 6.45) is 2.36. The van der Waals surface area contributed by atoms with Crippen LogP contribution < -0.4 is 5.32 Å². The summed E-state index contributed by atoms with van der Waals surface area (Å²) in [6, 6.07) is 3.15. The number of hydrogen-bond acceptors (Lipinski definition) is 5. The van der Waals surface area contributed by atoms with Crippen molar-refractivity contribution in [3.8, 4) is 0 Å². The van der Waals surface area contributed by atoms with Crippen molar-refractivity contribution in [2.75, 3.05) is 26.7 Å². The molecule has 0 amide bonds. The van der Waals surface area contributed by atoms with Crippen LogP contribution in [0.25, 0.3) is 0 Å². The highest BCUT2D eigenvalue weighted by molar-refractivity contribution is 7.89. The molecule has 1 aliphatic heterocycles. The molecule has 1 aromatic carbocycles. The Labute approximate surface area is 134 Å². The number of rotatable bonds is 6. The molecular formula is C14H20FN3O4S. The van der Waals surface area contributed by atoms with Gasteiger partial charge in [-0.1, -0.05) is 6.07 Å². The standard InChI is InChI=1S/C14H20FN3O4S/c1-16-8-5-11-6-9-17(10-7-11)23(21,22)13-4-2-3-12(15)14(13)18(19)20/h2-4,11,16H,5-10H2,1H3. The predicted molar refractivity (Wildman–Crippen MR) is 83.1 cm³/mol. The first kappa shape index (κ1) is 17.8. The lowest BCUT2D eigenvalue weighted by Crippen LogP contribution is -2.39. The number of nitrogens with zero attached hydrogens (tertiary/aromatic N) is 2. The molecule has 7 nitrogen and oxygen atoms in total. The third-order valence-corrected chi connectivity index (χ3v) is 6.06. The summed E-state index contributed by atoms with van der Waals surface area (Å²) in [6.45, 7) is 1.46. The Balaban J connectivity index is 2.21. The molecule has 1 aliphatic rings. The Bertz CT molecular complexity index is 673. The molecule has 1 aromatic rings. The maximum Gasteiger partial charge on any atom is 0.324 e. The zero-order chi connectivity index (χ0) is 17.0. The van der Waals surface area contributed by atoms with E-state index in [9.17, 15) is 22.9 Å². The van der Waals surface area contributed by atoms with Crippen molar-refractivity contribution in [1.29, 1.82) is 0 Å². The van der Waals surface area contributed by atoms with Crippen LogP contribution in [0.1, 0.15) is 19.3 Å². The second-order valence-electron chi connectivity index (χ2n) is 5.58. The second kappa shape index (κ2) is 7.33. The fourth-order valence-corrected chi connectivity index (χ4v) is 4.44. The molecule has 0 aromatic heterocycles. The maximum absolute atomic E-state index is 13.7. The molecule has 0 atom stereocenters. The molecule has 0 unspecified atom stereocenters. The number of nitro benzene ring substituents is 1. The molecule has 1 fully saturated rings. The van der Waals surface area contributed by atoms with E-state index in [1.807, 2.05) is 7.05 Å². The first-order valence-corrected chi connectivity index (χ1v) is 8.89. The molecule has 1 saturated heterocycles. The van der Waals surface area contributed by atoms with Gasteiger partial charge in [-0.2, -0.15) is 8.70 Å².